The van der Waals surface area contributed by atoms with Gasteiger partial charge in [-0.1, -0.05) is 26.0 Å². The Balaban J connectivity index is 0.00000363. The van der Waals surface area contributed by atoms with Crippen LogP contribution in [0.3, 0.4) is 0 Å². The molecule has 0 unspecified atom stereocenters. The summed E-state index contributed by atoms with van der Waals surface area (Å²) >= 11 is 1.69. The van der Waals surface area contributed by atoms with Gasteiger partial charge in [0.2, 0.25) is 0 Å². The number of aromatic nitrogens is 1. The summed E-state index contributed by atoms with van der Waals surface area (Å²) in [4.78, 5) is 11.8. The second kappa shape index (κ2) is 14.7. The molecular weight excluding hydrogens is 537 g/mol. The number of morpholine rings is 1. The lowest BCUT2D eigenvalue weighted by atomic mass is 10.2. The lowest BCUT2D eigenvalue weighted by Gasteiger charge is -2.26. The van der Waals surface area contributed by atoms with Gasteiger partial charge in [-0.15, -0.1) is 35.3 Å². The van der Waals surface area contributed by atoms with Crippen LogP contribution < -0.4 is 15.4 Å². The molecule has 1 aromatic heterocycles. The number of guanidine groups is 1. The Hall–Kier alpha value is -1.43. The van der Waals surface area contributed by atoms with Crippen molar-refractivity contribution in [3.63, 3.8) is 0 Å². The van der Waals surface area contributed by atoms with E-state index in [2.05, 4.69) is 58.8 Å². The number of hydrogen-bond acceptors (Lipinski definition) is 6. The number of ether oxygens (including phenoxy) is 2. The average Bonchev–Trinajstić information content (AvgIpc) is 3.26. The van der Waals surface area contributed by atoms with Crippen molar-refractivity contribution in [2.45, 2.75) is 39.8 Å². The van der Waals surface area contributed by atoms with E-state index in [1.54, 1.807) is 11.3 Å². The maximum absolute atomic E-state index is 5.96. The van der Waals surface area contributed by atoms with Crippen LogP contribution in [-0.2, 0) is 17.8 Å². The van der Waals surface area contributed by atoms with Gasteiger partial charge in [0.25, 0.3) is 0 Å². The highest BCUT2D eigenvalue weighted by Gasteiger charge is 2.10. The first-order valence-electron chi connectivity index (χ1n) is 11.1. The van der Waals surface area contributed by atoms with E-state index in [1.165, 1.54) is 0 Å². The van der Waals surface area contributed by atoms with E-state index < -0.39 is 0 Å². The van der Waals surface area contributed by atoms with E-state index in [4.69, 9.17) is 14.5 Å². The third kappa shape index (κ3) is 9.21. The van der Waals surface area contributed by atoms with Crippen LogP contribution in [0.25, 0.3) is 0 Å². The molecule has 0 atom stereocenters. The van der Waals surface area contributed by atoms with Gasteiger partial charge in [0.1, 0.15) is 17.4 Å². The highest BCUT2D eigenvalue weighted by atomic mass is 127. The lowest BCUT2D eigenvalue weighted by Crippen LogP contribution is -2.38. The van der Waals surface area contributed by atoms with Crippen LogP contribution in [-0.4, -0.2) is 61.8 Å². The van der Waals surface area contributed by atoms with E-state index in [-0.39, 0.29) is 24.0 Å². The van der Waals surface area contributed by atoms with Gasteiger partial charge in [0.05, 0.1) is 32.0 Å². The van der Waals surface area contributed by atoms with Crippen LogP contribution in [0.5, 0.6) is 5.75 Å². The molecule has 32 heavy (non-hydrogen) atoms. The zero-order valence-electron chi connectivity index (χ0n) is 19.3. The maximum Gasteiger partial charge on any atom is 0.191 e. The molecule has 7 nitrogen and oxygen atoms in total. The monoisotopic (exact) mass is 573 g/mol. The number of nitrogens with zero attached hydrogens (tertiary/aromatic N) is 3. The van der Waals surface area contributed by atoms with Crippen molar-refractivity contribution >= 4 is 41.3 Å². The van der Waals surface area contributed by atoms with Crippen molar-refractivity contribution in [3.8, 4) is 5.75 Å². The van der Waals surface area contributed by atoms with Gasteiger partial charge < -0.3 is 20.1 Å². The third-order valence-corrected chi connectivity index (χ3v) is 5.88. The fraction of sp³-hybridized carbons (Fsp3) is 0.565. The zero-order chi connectivity index (χ0) is 21.9. The molecule has 1 fully saturated rings. The van der Waals surface area contributed by atoms with Crippen molar-refractivity contribution in [1.82, 2.24) is 20.5 Å². The van der Waals surface area contributed by atoms with Crippen LogP contribution in [0.15, 0.2) is 34.6 Å². The molecule has 2 heterocycles. The molecule has 0 spiro atoms. The van der Waals surface area contributed by atoms with Crippen molar-refractivity contribution in [2.75, 3.05) is 46.0 Å². The summed E-state index contributed by atoms with van der Waals surface area (Å²) in [6.07, 6.45) is 0. The van der Waals surface area contributed by atoms with Crippen LogP contribution >= 0.6 is 35.3 Å². The maximum atomic E-state index is 5.96. The molecule has 0 aliphatic carbocycles. The largest absolute Gasteiger partial charge is 0.492 e. The van der Waals surface area contributed by atoms with Crippen molar-refractivity contribution in [2.24, 2.45) is 4.99 Å². The summed E-state index contributed by atoms with van der Waals surface area (Å²) in [5.41, 5.74) is 2.27. The van der Waals surface area contributed by atoms with Gasteiger partial charge in [0.15, 0.2) is 5.96 Å². The van der Waals surface area contributed by atoms with Gasteiger partial charge in [-0.2, -0.15) is 0 Å². The Morgan fingerprint density at radius 2 is 2.09 bits per heavy atom. The number of rotatable bonds is 10. The number of aliphatic imine (C=N–C) groups is 1. The predicted molar refractivity (Wildman–Crippen MR) is 142 cm³/mol. The molecule has 1 aromatic carbocycles. The predicted octanol–water partition coefficient (Wildman–Crippen LogP) is 3.85. The van der Waals surface area contributed by atoms with Gasteiger partial charge in [-0.05, 0) is 30.5 Å². The zero-order valence-corrected chi connectivity index (χ0v) is 22.4. The number of halogens is 1. The first kappa shape index (κ1) is 26.8. The number of thiazole rings is 1. The topological polar surface area (TPSA) is 71.0 Å². The summed E-state index contributed by atoms with van der Waals surface area (Å²) in [5, 5.41) is 9.90. The molecule has 1 saturated heterocycles. The number of hydrogen-bond donors (Lipinski definition) is 2. The highest BCUT2D eigenvalue weighted by Crippen LogP contribution is 2.17. The van der Waals surface area contributed by atoms with Gasteiger partial charge >= 0.3 is 0 Å². The first-order chi connectivity index (χ1) is 15.1. The van der Waals surface area contributed by atoms with E-state index in [0.717, 1.165) is 67.4 Å². The Kier molecular flexibility index (Phi) is 12.3. The quantitative estimate of drug-likeness (QED) is 0.256. The highest BCUT2D eigenvalue weighted by molar-refractivity contribution is 14.0. The van der Waals surface area contributed by atoms with Crippen LogP contribution in [0.1, 0.15) is 43.0 Å². The Bertz CT molecular complexity index is 824. The molecule has 1 aliphatic rings. The van der Waals surface area contributed by atoms with Gasteiger partial charge in [0, 0.05) is 31.6 Å². The van der Waals surface area contributed by atoms with Crippen LogP contribution in [0.2, 0.25) is 0 Å². The summed E-state index contributed by atoms with van der Waals surface area (Å²) in [6.45, 7) is 13.7. The minimum absolute atomic E-state index is 0. The molecule has 0 amide bonds. The first-order valence-corrected chi connectivity index (χ1v) is 12.0. The van der Waals surface area contributed by atoms with E-state index >= 15 is 0 Å². The van der Waals surface area contributed by atoms with E-state index in [0.29, 0.717) is 25.6 Å². The standard InChI is InChI=1S/C23H35N5O2S.HI/c1-4-24-23(26-16-22-27-21(17-31-22)18(2)3)25-15-19-6-5-7-20(14-19)30-13-10-28-8-11-29-12-9-28;/h5-7,14,17-18H,4,8-13,15-16H2,1-3H3,(H2,24,25,26);1H. The summed E-state index contributed by atoms with van der Waals surface area (Å²) in [5.74, 6) is 2.14. The normalized spacial score (nSPS) is 14.8. The molecule has 0 bridgehead atoms. The molecule has 178 valence electrons. The molecule has 2 N–H and O–H groups in total. The third-order valence-electron chi connectivity index (χ3n) is 5.01. The summed E-state index contributed by atoms with van der Waals surface area (Å²) in [6, 6.07) is 8.18. The molecule has 9 heteroatoms. The fourth-order valence-electron chi connectivity index (χ4n) is 3.19. The SMILES string of the molecule is CCNC(=NCc1cccc(OCCN2CCOCC2)c1)NCc1nc(C(C)C)cs1.I. The van der Waals surface area contributed by atoms with E-state index in [9.17, 15) is 0 Å². The van der Waals surface area contributed by atoms with Crippen molar-refractivity contribution < 1.29 is 9.47 Å². The number of nitrogens with one attached hydrogen (secondary N) is 2. The Labute approximate surface area is 213 Å². The fourth-order valence-corrected chi connectivity index (χ4v) is 4.09. The van der Waals surface area contributed by atoms with Crippen molar-refractivity contribution in [3.05, 3.63) is 45.9 Å². The van der Waals surface area contributed by atoms with Gasteiger partial charge in [-0.25, -0.2) is 9.98 Å². The Morgan fingerprint density at radius 1 is 1.28 bits per heavy atom. The van der Waals surface area contributed by atoms with Crippen LogP contribution in [0.4, 0.5) is 0 Å². The summed E-state index contributed by atoms with van der Waals surface area (Å²) < 4.78 is 11.3. The lowest BCUT2D eigenvalue weighted by molar-refractivity contribution is 0.0322. The molecule has 0 radical (unpaired) electrons. The number of benzene rings is 1. The average molecular weight is 574 g/mol. The van der Waals surface area contributed by atoms with Crippen LogP contribution in [0, 0.1) is 0 Å². The minimum Gasteiger partial charge on any atom is -0.492 e. The smallest absolute Gasteiger partial charge is 0.191 e. The molecule has 1 aliphatic heterocycles. The second-order valence-corrected chi connectivity index (χ2v) is 8.76. The summed E-state index contributed by atoms with van der Waals surface area (Å²) in [7, 11) is 0. The molecule has 3 rings (SSSR count). The Morgan fingerprint density at radius 3 is 2.81 bits per heavy atom. The van der Waals surface area contributed by atoms with Crippen molar-refractivity contribution in [1.29, 1.82) is 0 Å². The minimum atomic E-state index is 0. The van der Waals surface area contributed by atoms with Gasteiger partial charge in [-0.3, -0.25) is 4.90 Å². The second-order valence-electron chi connectivity index (χ2n) is 7.82. The van der Waals surface area contributed by atoms with E-state index in [1.807, 2.05) is 12.1 Å². The molecular formula is C23H36IN5O2S. The molecule has 2 aromatic rings. The molecule has 0 saturated carbocycles.